The number of hydrogen-bond donors (Lipinski definition) is 1. The standard InChI is InChI=1S/C18H16FN3O/c1-12-3-6-15(7-4-12)22-18-20-10-14(11-21-18)13-5-8-16(19)17(9-13)23-2/h3-11H,1-2H3,(H,20,21,22). The van der Waals surface area contributed by atoms with Gasteiger partial charge in [-0.15, -0.1) is 0 Å². The van der Waals surface area contributed by atoms with Crippen LogP contribution in [0.1, 0.15) is 5.56 Å². The quantitative estimate of drug-likeness (QED) is 0.778. The van der Waals surface area contributed by atoms with E-state index in [-0.39, 0.29) is 5.75 Å². The predicted molar refractivity (Wildman–Crippen MR) is 88.4 cm³/mol. The second-order valence-electron chi connectivity index (χ2n) is 5.14. The average Bonchev–Trinajstić information content (AvgIpc) is 2.58. The summed E-state index contributed by atoms with van der Waals surface area (Å²) in [6, 6.07) is 12.6. The Labute approximate surface area is 134 Å². The number of nitrogens with one attached hydrogen (secondary N) is 1. The van der Waals surface area contributed by atoms with Crippen molar-refractivity contribution >= 4 is 11.6 Å². The van der Waals surface area contributed by atoms with E-state index in [1.807, 2.05) is 31.2 Å². The highest BCUT2D eigenvalue weighted by Gasteiger charge is 2.06. The van der Waals surface area contributed by atoms with Gasteiger partial charge < -0.3 is 10.1 Å². The molecule has 3 aromatic rings. The van der Waals surface area contributed by atoms with Crippen molar-refractivity contribution in [1.29, 1.82) is 0 Å². The lowest BCUT2D eigenvalue weighted by Crippen LogP contribution is -1.97. The minimum absolute atomic E-state index is 0.198. The maximum atomic E-state index is 13.5. The van der Waals surface area contributed by atoms with Crippen molar-refractivity contribution in [3.05, 3.63) is 66.2 Å². The van der Waals surface area contributed by atoms with E-state index in [0.29, 0.717) is 5.95 Å². The zero-order valence-electron chi connectivity index (χ0n) is 12.9. The summed E-state index contributed by atoms with van der Waals surface area (Å²) in [5.74, 6) is 0.311. The van der Waals surface area contributed by atoms with Crippen LogP contribution < -0.4 is 10.1 Å². The third-order valence-corrected chi connectivity index (χ3v) is 3.44. The summed E-state index contributed by atoms with van der Waals surface area (Å²) in [7, 11) is 1.44. The van der Waals surface area contributed by atoms with Gasteiger partial charge in [-0.3, -0.25) is 0 Å². The van der Waals surface area contributed by atoms with Crippen LogP contribution in [0.15, 0.2) is 54.9 Å². The van der Waals surface area contributed by atoms with Crippen LogP contribution in [0.3, 0.4) is 0 Å². The number of aryl methyl sites for hydroxylation is 1. The highest BCUT2D eigenvalue weighted by molar-refractivity contribution is 5.64. The topological polar surface area (TPSA) is 47.0 Å². The number of benzene rings is 2. The Hall–Kier alpha value is -2.95. The fourth-order valence-corrected chi connectivity index (χ4v) is 2.15. The highest BCUT2D eigenvalue weighted by atomic mass is 19.1. The number of halogens is 1. The second kappa shape index (κ2) is 6.44. The molecule has 1 aromatic heterocycles. The van der Waals surface area contributed by atoms with Crippen molar-refractivity contribution < 1.29 is 9.13 Å². The molecule has 1 heterocycles. The van der Waals surface area contributed by atoms with Crippen LogP contribution in [0.25, 0.3) is 11.1 Å². The zero-order valence-corrected chi connectivity index (χ0v) is 12.9. The first kappa shape index (κ1) is 15.0. The molecule has 0 saturated carbocycles. The first-order chi connectivity index (χ1) is 11.2. The third-order valence-electron chi connectivity index (χ3n) is 3.44. The Kier molecular flexibility index (Phi) is 4.19. The number of anilines is 2. The molecule has 3 rings (SSSR count). The molecule has 0 bridgehead atoms. The van der Waals surface area contributed by atoms with Gasteiger partial charge >= 0.3 is 0 Å². The van der Waals surface area contributed by atoms with Gasteiger partial charge in [0.25, 0.3) is 0 Å². The number of hydrogen-bond acceptors (Lipinski definition) is 4. The predicted octanol–water partition coefficient (Wildman–Crippen LogP) is 4.34. The highest BCUT2D eigenvalue weighted by Crippen LogP contribution is 2.26. The minimum atomic E-state index is -0.394. The van der Waals surface area contributed by atoms with Crippen molar-refractivity contribution in [3.8, 4) is 16.9 Å². The van der Waals surface area contributed by atoms with Gasteiger partial charge in [-0.1, -0.05) is 23.8 Å². The van der Waals surface area contributed by atoms with Crippen LogP contribution in [0.2, 0.25) is 0 Å². The summed E-state index contributed by atoms with van der Waals surface area (Å²) < 4.78 is 18.4. The Balaban J connectivity index is 1.80. The summed E-state index contributed by atoms with van der Waals surface area (Å²) in [5.41, 5.74) is 3.70. The lowest BCUT2D eigenvalue weighted by molar-refractivity contribution is 0.387. The third kappa shape index (κ3) is 3.45. The van der Waals surface area contributed by atoms with Crippen molar-refractivity contribution in [2.45, 2.75) is 6.92 Å². The Bertz CT molecular complexity index is 802. The van der Waals surface area contributed by atoms with Crippen LogP contribution in [0, 0.1) is 12.7 Å². The molecular formula is C18H16FN3O. The summed E-state index contributed by atoms with van der Waals surface area (Å²) in [5, 5.41) is 3.13. The summed E-state index contributed by atoms with van der Waals surface area (Å²) in [4.78, 5) is 8.59. The maximum absolute atomic E-state index is 13.5. The second-order valence-corrected chi connectivity index (χ2v) is 5.14. The molecule has 0 aliphatic heterocycles. The fraction of sp³-hybridized carbons (Fsp3) is 0.111. The number of aromatic nitrogens is 2. The van der Waals surface area contributed by atoms with Gasteiger partial charge in [-0.25, -0.2) is 14.4 Å². The number of ether oxygens (including phenoxy) is 1. The minimum Gasteiger partial charge on any atom is -0.494 e. The van der Waals surface area contributed by atoms with E-state index >= 15 is 0 Å². The molecule has 0 radical (unpaired) electrons. The molecule has 1 N–H and O–H groups in total. The number of methoxy groups -OCH3 is 1. The van der Waals surface area contributed by atoms with Crippen molar-refractivity contribution in [2.24, 2.45) is 0 Å². The summed E-state index contributed by atoms with van der Waals surface area (Å²) >= 11 is 0. The van der Waals surface area contributed by atoms with Crippen LogP contribution >= 0.6 is 0 Å². The van der Waals surface area contributed by atoms with E-state index in [0.717, 1.165) is 16.8 Å². The van der Waals surface area contributed by atoms with Gasteiger partial charge in [0, 0.05) is 23.6 Å². The first-order valence-electron chi connectivity index (χ1n) is 7.15. The Morgan fingerprint density at radius 1 is 0.957 bits per heavy atom. The van der Waals surface area contributed by atoms with E-state index in [4.69, 9.17) is 4.74 Å². The molecule has 23 heavy (non-hydrogen) atoms. The maximum Gasteiger partial charge on any atom is 0.227 e. The van der Waals surface area contributed by atoms with Gasteiger partial charge in [0.2, 0.25) is 5.95 Å². The molecule has 116 valence electrons. The molecule has 0 aliphatic rings. The van der Waals surface area contributed by atoms with Gasteiger partial charge in [0.1, 0.15) is 0 Å². The largest absolute Gasteiger partial charge is 0.494 e. The zero-order chi connectivity index (χ0) is 16.2. The molecule has 0 aliphatic carbocycles. The van der Waals surface area contributed by atoms with Gasteiger partial charge in [0.15, 0.2) is 11.6 Å². The number of nitrogens with zero attached hydrogens (tertiary/aromatic N) is 2. The molecule has 4 nitrogen and oxygen atoms in total. The average molecular weight is 309 g/mol. The molecule has 5 heteroatoms. The van der Waals surface area contributed by atoms with Crippen molar-refractivity contribution in [3.63, 3.8) is 0 Å². The lowest BCUT2D eigenvalue weighted by atomic mass is 10.1. The van der Waals surface area contributed by atoms with Crippen LogP contribution in [0.4, 0.5) is 16.0 Å². The smallest absolute Gasteiger partial charge is 0.227 e. The molecule has 0 atom stereocenters. The Morgan fingerprint density at radius 2 is 1.65 bits per heavy atom. The Morgan fingerprint density at radius 3 is 2.30 bits per heavy atom. The van der Waals surface area contributed by atoms with E-state index in [2.05, 4.69) is 15.3 Å². The normalized spacial score (nSPS) is 10.4. The van der Waals surface area contributed by atoms with Crippen LogP contribution in [0.5, 0.6) is 5.75 Å². The van der Waals surface area contributed by atoms with Crippen LogP contribution in [-0.4, -0.2) is 17.1 Å². The summed E-state index contributed by atoms with van der Waals surface area (Å²) in [6.07, 6.45) is 3.38. The molecular weight excluding hydrogens is 293 g/mol. The fourth-order valence-electron chi connectivity index (χ4n) is 2.15. The molecule has 2 aromatic carbocycles. The van der Waals surface area contributed by atoms with Gasteiger partial charge in [-0.05, 0) is 36.8 Å². The molecule has 0 fully saturated rings. The van der Waals surface area contributed by atoms with E-state index in [1.54, 1.807) is 24.5 Å². The molecule has 0 spiro atoms. The molecule has 0 amide bonds. The van der Waals surface area contributed by atoms with Gasteiger partial charge in [-0.2, -0.15) is 0 Å². The van der Waals surface area contributed by atoms with E-state index < -0.39 is 5.82 Å². The SMILES string of the molecule is COc1cc(-c2cnc(Nc3ccc(C)cc3)nc2)ccc1F. The summed E-state index contributed by atoms with van der Waals surface area (Å²) in [6.45, 7) is 2.03. The first-order valence-corrected chi connectivity index (χ1v) is 7.15. The lowest BCUT2D eigenvalue weighted by Gasteiger charge is -2.07. The molecule has 0 unspecified atom stereocenters. The van der Waals surface area contributed by atoms with Crippen LogP contribution in [-0.2, 0) is 0 Å². The van der Waals surface area contributed by atoms with E-state index in [1.165, 1.54) is 18.7 Å². The monoisotopic (exact) mass is 309 g/mol. The number of rotatable bonds is 4. The molecule has 0 saturated heterocycles. The van der Waals surface area contributed by atoms with E-state index in [9.17, 15) is 4.39 Å². The van der Waals surface area contributed by atoms with Crippen molar-refractivity contribution in [2.75, 3.05) is 12.4 Å². The van der Waals surface area contributed by atoms with Gasteiger partial charge in [0.05, 0.1) is 7.11 Å². The van der Waals surface area contributed by atoms with Crippen molar-refractivity contribution in [1.82, 2.24) is 9.97 Å².